The van der Waals surface area contributed by atoms with E-state index in [4.69, 9.17) is 4.74 Å². The van der Waals surface area contributed by atoms with Crippen LogP contribution in [0.2, 0.25) is 0 Å². The Bertz CT molecular complexity index is 1010. The molecule has 1 amide bonds. The van der Waals surface area contributed by atoms with Gasteiger partial charge in [0.15, 0.2) is 5.69 Å². The molecule has 2 aromatic carbocycles. The Hall–Kier alpha value is -3.20. The maximum atomic E-state index is 12.4. The number of ether oxygens (including phenoxy) is 1. The summed E-state index contributed by atoms with van der Waals surface area (Å²) in [7, 11) is 1.68. The Morgan fingerprint density at radius 1 is 1.22 bits per heavy atom. The Morgan fingerprint density at radius 3 is 2.52 bits per heavy atom. The van der Waals surface area contributed by atoms with Crippen molar-refractivity contribution in [2.24, 2.45) is 7.05 Å². The quantitative estimate of drug-likeness (QED) is 0.476. The summed E-state index contributed by atoms with van der Waals surface area (Å²) in [6.07, 6.45) is 1.63. The maximum Gasteiger partial charge on any atom is 0.277 e. The van der Waals surface area contributed by atoms with E-state index in [1.807, 2.05) is 19.1 Å². The van der Waals surface area contributed by atoms with Gasteiger partial charge in [0.25, 0.3) is 11.6 Å². The fourth-order valence-electron chi connectivity index (χ4n) is 2.37. The third kappa shape index (κ3) is 4.50. The van der Waals surface area contributed by atoms with Crippen molar-refractivity contribution in [3.05, 3.63) is 74.5 Å². The van der Waals surface area contributed by atoms with E-state index in [2.05, 4.69) is 26.3 Å². The second kappa shape index (κ2) is 7.58. The Kier molecular flexibility index (Phi) is 5.22. The molecule has 3 rings (SSSR count). The van der Waals surface area contributed by atoms with E-state index in [9.17, 15) is 14.9 Å². The second-order valence-corrected chi connectivity index (χ2v) is 6.70. The molecule has 1 N–H and O–H groups in total. The van der Waals surface area contributed by atoms with Crippen LogP contribution in [0.1, 0.15) is 16.1 Å². The molecule has 0 saturated carbocycles. The maximum absolute atomic E-state index is 12.4. The van der Waals surface area contributed by atoms with E-state index in [0.717, 1.165) is 5.56 Å². The summed E-state index contributed by atoms with van der Waals surface area (Å²) in [6.45, 7) is 1.94. The highest BCUT2D eigenvalue weighted by molar-refractivity contribution is 9.10. The molecule has 0 bridgehead atoms. The van der Waals surface area contributed by atoms with Gasteiger partial charge in [0.2, 0.25) is 0 Å². The zero-order valence-electron chi connectivity index (χ0n) is 14.5. The molecule has 0 saturated heterocycles. The number of hydrogen-bond acceptors (Lipinski definition) is 5. The number of nitrogens with zero attached hydrogens (tertiary/aromatic N) is 3. The van der Waals surface area contributed by atoms with E-state index in [-0.39, 0.29) is 22.8 Å². The van der Waals surface area contributed by atoms with E-state index >= 15 is 0 Å². The van der Waals surface area contributed by atoms with Gasteiger partial charge in [0, 0.05) is 25.4 Å². The summed E-state index contributed by atoms with van der Waals surface area (Å²) in [5, 5.41) is 17.9. The lowest BCUT2D eigenvalue weighted by Crippen LogP contribution is -2.13. The van der Waals surface area contributed by atoms with E-state index in [1.165, 1.54) is 22.9 Å². The van der Waals surface area contributed by atoms with Crippen molar-refractivity contribution in [2.45, 2.75) is 6.92 Å². The molecule has 0 aliphatic heterocycles. The van der Waals surface area contributed by atoms with Crippen LogP contribution in [-0.2, 0) is 7.05 Å². The van der Waals surface area contributed by atoms with Gasteiger partial charge in [-0.2, -0.15) is 5.10 Å². The van der Waals surface area contributed by atoms with Crippen molar-refractivity contribution in [1.82, 2.24) is 9.78 Å². The molecule has 0 unspecified atom stereocenters. The monoisotopic (exact) mass is 430 g/mol. The number of hydrogen-bond donors (Lipinski definition) is 1. The number of aromatic nitrogens is 2. The summed E-state index contributed by atoms with van der Waals surface area (Å²) in [5.74, 6) is 0.276. The normalized spacial score (nSPS) is 10.5. The van der Waals surface area contributed by atoms with Crippen molar-refractivity contribution >= 4 is 33.2 Å². The molecular weight excluding hydrogens is 416 g/mol. The number of aryl methyl sites for hydroxylation is 2. The van der Waals surface area contributed by atoms with Crippen LogP contribution in [0.5, 0.6) is 11.5 Å². The zero-order chi connectivity index (χ0) is 19.6. The van der Waals surface area contributed by atoms with Gasteiger partial charge in [-0.25, -0.2) is 0 Å². The number of nitro benzene ring substituents is 1. The molecule has 0 aliphatic carbocycles. The van der Waals surface area contributed by atoms with Gasteiger partial charge < -0.3 is 10.1 Å². The van der Waals surface area contributed by atoms with Crippen LogP contribution in [0, 0.1) is 17.0 Å². The van der Waals surface area contributed by atoms with Crippen LogP contribution in [-0.4, -0.2) is 20.6 Å². The van der Waals surface area contributed by atoms with Crippen LogP contribution < -0.4 is 10.1 Å². The Morgan fingerprint density at radius 2 is 1.93 bits per heavy atom. The first-order chi connectivity index (χ1) is 12.8. The minimum absolute atomic E-state index is 0.171. The standard InChI is InChI=1S/C18H15BrN4O4/c1-11-3-5-14(6-4-11)27-15-8-12(7-13(9-15)23(25)26)20-18(24)17-16(19)10-22(2)21-17/h3-10H,1-2H3,(H,20,24). The summed E-state index contributed by atoms with van der Waals surface area (Å²) >= 11 is 3.26. The Balaban J connectivity index is 1.89. The molecule has 138 valence electrons. The van der Waals surface area contributed by atoms with Gasteiger partial charge in [-0.05, 0) is 35.0 Å². The molecule has 8 nitrogen and oxygen atoms in total. The number of anilines is 1. The number of halogens is 1. The van der Waals surface area contributed by atoms with Gasteiger partial charge >= 0.3 is 0 Å². The number of rotatable bonds is 5. The van der Waals surface area contributed by atoms with Crippen molar-refractivity contribution in [3.63, 3.8) is 0 Å². The van der Waals surface area contributed by atoms with Crippen LogP contribution in [0.15, 0.2) is 53.1 Å². The van der Waals surface area contributed by atoms with Gasteiger partial charge in [0.1, 0.15) is 11.5 Å². The van der Waals surface area contributed by atoms with Crippen LogP contribution >= 0.6 is 15.9 Å². The van der Waals surface area contributed by atoms with Crippen molar-refractivity contribution < 1.29 is 14.5 Å². The topological polar surface area (TPSA) is 99.3 Å². The molecule has 0 radical (unpaired) electrons. The molecule has 0 fully saturated rings. The van der Waals surface area contributed by atoms with Gasteiger partial charge in [-0.3, -0.25) is 19.6 Å². The van der Waals surface area contributed by atoms with Crippen LogP contribution in [0.4, 0.5) is 11.4 Å². The second-order valence-electron chi connectivity index (χ2n) is 5.84. The average molecular weight is 431 g/mol. The number of non-ortho nitro benzene ring substituents is 1. The first-order valence-corrected chi connectivity index (χ1v) is 8.65. The predicted molar refractivity (Wildman–Crippen MR) is 103 cm³/mol. The van der Waals surface area contributed by atoms with Crippen molar-refractivity contribution in [3.8, 4) is 11.5 Å². The van der Waals surface area contributed by atoms with Crippen LogP contribution in [0.25, 0.3) is 0 Å². The smallest absolute Gasteiger partial charge is 0.277 e. The van der Waals surface area contributed by atoms with E-state index in [1.54, 1.807) is 25.4 Å². The molecule has 0 atom stereocenters. The minimum Gasteiger partial charge on any atom is -0.457 e. The first-order valence-electron chi connectivity index (χ1n) is 7.86. The lowest BCUT2D eigenvalue weighted by molar-refractivity contribution is -0.384. The molecule has 3 aromatic rings. The summed E-state index contributed by atoms with van der Waals surface area (Å²) < 4.78 is 7.70. The van der Waals surface area contributed by atoms with Crippen molar-refractivity contribution in [2.75, 3.05) is 5.32 Å². The first kappa shape index (κ1) is 18.6. The van der Waals surface area contributed by atoms with Crippen LogP contribution in [0.3, 0.4) is 0 Å². The van der Waals surface area contributed by atoms with Crippen molar-refractivity contribution in [1.29, 1.82) is 0 Å². The highest BCUT2D eigenvalue weighted by Crippen LogP contribution is 2.30. The van der Waals surface area contributed by atoms with Gasteiger partial charge in [0.05, 0.1) is 21.1 Å². The highest BCUT2D eigenvalue weighted by atomic mass is 79.9. The molecule has 1 heterocycles. The fourth-order valence-corrected chi connectivity index (χ4v) is 2.92. The number of nitro groups is 1. The average Bonchev–Trinajstić information content (AvgIpc) is 2.95. The SMILES string of the molecule is Cc1ccc(Oc2cc(NC(=O)c3nn(C)cc3Br)cc([N+](=O)[O-])c2)cc1. The lowest BCUT2D eigenvalue weighted by atomic mass is 10.2. The predicted octanol–water partition coefficient (Wildman–Crippen LogP) is 4.44. The molecular formula is C18H15BrN4O4. The summed E-state index contributed by atoms with van der Waals surface area (Å²) in [5.41, 5.74) is 1.27. The number of benzene rings is 2. The third-order valence-corrected chi connectivity index (χ3v) is 4.20. The number of amides is 1. The molecule has 0 spiro atoms. The summed E-state index contributed by atoms with van der Waals surface area (Å²) in [6, 6.07) is 11.3. The molecule has 27 heavy (non-hydrogen) atoms. The molecule has 0 aliphatic rings. The summed E-state index contributed by atoms with van der Waals surface area (Å²) in [4.78, 5) is 23.1. The molecule has 1 aromatic heterocycles. The number of carbonyl (C=O) groups is 1. The number of nitrogens with one attached hydrogen (secondary N) is 1. The van der Waals surface area contributed by atoms with Gasteiger partial charge in [-0.15, -0.1) is 0 Å². The lowest BCUT2D eigenvalue weighted by Gasteiger charge is -2.09. The Labute approximate surface area is 163 Å². The zero-order valence-corrected chi connectivity index (χ0v) is 16.1. The van der Waals surface area contributed by atoms with E-state index < -0.39 is 10.8 Å². The fraction of sp³-hybridized carbons (Fsp3) is 0.111. The third-order valence-electron chi connectivity index (χ3n) is 3.62. The minimum atomic E-state index is -0.547. The molecule has 9 heteroatoms. The van der Waals surface area contributed by atoms with E-state index in [0.29, 0.717) is 10.2 Å². The van der Waals surface area contributed by atoms with Gasteiger partial charge in [-0.1, -0.05) is 17.7 Å². The number of carbonyl (C=O) groups excluding carboxylic acids is 1. The highest BCUT2D eigenvalue weighted by Gasteiger charge is 2.17. The largest absolute Gasteiger partial charge is 0.457 e.